The highest BCUT2D eigenvalue weighted by atomic mass is 16.6. The van der Waals surface area contributed by atoms with Crippen LogP contribution in [0.5, 0.6) is 5.75 Å². The van der Waals surface area contributed by atoms with Crippen molar-refractivity contribution < 1.29 is 10.0 Å². The Kier molecular flexibility index (Phi) is 11.2. The third kappa shape index (κ3) is 10.2. The minimum absolute atomic E-state index is 0.0159. The van der Waals surface area contributed by atoms with Gasteiger partial charge >= 0.3 is 0 Å². The van der Waals surface area contributed by atoms with Crippen molar-refractivity contribution in [3.05, 3.63) is 34.4 Å². The van der Waals surface area contributed by atoms with Gasteiger partial charge in [-0.05, 0) is 12.1 Å². The quantitative estimate of drug-likeness (QED) is 0.244. The minimum Gasteiger partial charge on any atom is -0.508 e. The van der Waals surface area contributed by atoms with Crippen molar-refractivity contribution >= 4 is 5.69 Å². The van der Waals surface area contributed by atoms with Crippen LogP contribution in [0.2, 0.25) is 0 Å². The van der Waals surface area contributed by atoms with E-state index < -0.39 is 4.92 Å². The second-order valence-corrected chi connectivity index (χ2v) is 3.85. The lowest BCUT2D eigenvalue weighted by molar-refractivity contribution is -0.384. The van der Waals surface area contributed by atoms with Gasteiger partial charge in [0.15, 0.2) is 0 Å². The fourth-order valence-electron chi connectivity index (χ4n) is 1.21. The van der Waals surface area contributed by atoms with E-state index in [1.54, 1.807) is 0 Å². The van der Waals surface area contributed by atoms with Crippen LogP contribution in [-0.4, -0.2) is 49.3 Å². The zero-order chi connectivity index (χ0) is 15.2. The molecule has 0 spiro atoms. The van der Waals surface area contributed by atoms with Crippen LogP contribution >= 0.6 is 0 Å². The molecular weight excluding hydrogens is 262 g/mol. The van der Waals surface area contributed by atoms with E-state index in [1.807, 2.05) is 0 Å². The van der Waals surface area contributed by atoms with E-state index >= 15 is 0 Å². The van der Waals surface area contributed by atoms with Gasteiger partial charge in [-0.3, -0.25) is 10.1 Å². The van der Waals surface area contributed by atoms with Gasteiger partial charge in [-0.25, -0.2) is 0 Å². The van der Waals surface area contributed by atoms with Gasteiger partial charge in [0.2, 0.25) is 0 Å². The molecule has 0 aliphatic carbocycles. The molecule has 0 aliphatic heterocycles. The molecule has 0 aliphatic rings. The summed E-state index contributed by atoms with van der Waals surface area (Å²) in [4.78, 5) is 9.52. The van der Waals surface area contributed by atoms with Crippen LogP contribution in [0.25, 0.3) is 0 Å². The summed E-state index contributed by atoms with van der Waals surface area (Å²) in [5.41, 5.74) is 10.5. The summed E-state index contributed by atoms with van der Waals surface area (Å²) in [5.74, 6) is 0.0330. The predicted molar refractivity (Wildman–Crippen MR) is 78.6 cm³/mol. The van der Waals surface area contributed by atoms with Crippen LogP contribution in [0.1, 0.15) is 0 Å². The van der Waals surface area contributed by atoms with Crippen LogP contribution < -0.4 is 22.1 Å². The molecule has 0 heterocycles. The highest BCUT2D eigenvalue weighted by Crippen LogP contribution is 2.14. The molecule has 0 atom stereocenters. The number of phenolic OH excluding ortho intramolecular Hbond substituents is 1. The number of hydrogen-bond donors (Lipinski definition) is 5. The molecule has 1 aromatic rings. The number of nitro groups is 1. The maximum absolute atomic E-state index is 10.0. The maximum atomic E-state index is 10.0. The Morgan fingerprint density at radius 1 is 1.00 bits per heavy atom. The molecule has 8 nitrogen and oxygen atoms in total. The van der Waals surface area contributed by atoms with Crippen molar-refractivity contribution in [1.82, 2.24) is 10.6 Å². The fourth-order valence-corrected chi connectivity index (χ4v) is 1.21. The molecule has 0 saturated carbocycles. The average molecular weight is 285 g/mol. The van der Waals surface area contributed by atoms with Gasteiger partial charge in [0.25, 0.3) is 5.69 Å². The van der Waals surface area contributed by atoms with Gasteiger partial charge in [0.1, 0.15) is 5.75 Å². The average Bonchev–Trinajstić information content (AvgIpc) is 2.44. The number of nitrogens with one attached hydrogen (secondary N) is 2. The van der Waals surface area contributed by atoms with Crippen molar-refractivity contribution in [2.45, 2.75) is 0 Å². The number of rotatable bonds is 8. The molecule has 0 saturated heterocycles. The molecule has 0 aromatic heterocycles. The lowest BCUT2D eigenvalue weighted by Gasteiger charge is -2.03. The molecule has 114 valence electrons. The Morgan fingerprint density at radius 2 is 1.45 bits per heavy atom. The normalized spacial score (nSPS) is 9.70. The fraction of sp³-hybridized carbons (Fsp3) is 0.500. The molecular formula is C12H23N5O3. The number of phenols is 1. The standard InChI is InChI=1S/C6H18N4.C6H5NO3/c7-1-3-9-5-6-10-4-2-8;8-6-3-1-5(2-4-6)7(9)10/h9-10H,1-8H2;1-4,8H. The van der Waals surface area contributed by atoms with E-state index in [0.717, 1.165) is 26.2 Å². The Balaban J connectivity index is 0.000000361. The first kappa shape index (κ1) is 18.3. The first-order valence-corrected chi connectivity index (χ1v) is 6.36. The summed E-state index contributed by atoms with van der Waals surface area (Å²) < 4.78 is 0. The molecule has 0 fully saturated rings. The molecule has 20 heavy (non-hydrogen) atoms. The molecule has 7 N–H and O–H groups in total. The lowest BCUT2D eigenvalue weighted by Crippen LogP contribution is -2.32. The number of benzene rings is 1. The van der Waals surface area contributed by atoms with Crippen molar-refractivity contribution in [3.8, 4) is 5.75 Å². The van der Waals surface area contributed by atoms with E-state index in [4.69, 9.17) is 16.6 Å². The molecule has 0 bridgehead atoms. The van der Waals surface area contributed by atoms with Crippen molar-refractivity contribution in [1.29, 1.82) is 0 Å². The summed E-state index contributed by atoms with van der Waals surface area (Å²) in [6.45, 7) is 5.14. The van der Waals surface area contributed by atoms with Crippen LogP contribution in [0.4, 0.5) is 5.69 Å². The third-order valence-electron chi connectivity index (χ3n) is 2.18. The molecule has 8 heteroatoms. The van der Waals surface area contributed by atoms with Crippen LogP contribution in [-0.2, 0) is 0 Å². The van der Waals surface area contributed by atoms with Crippen molar-refractivity contribution in [2.24, 2.45) is 11.5 Å². The van der Waals surface area contributed by atoms with Gasteiger partial charge in [-0.1, -0.05) is 0 Å². The first-order valence-electron chi connectivity index (χ1n) is 6.36. The van der Waals surface area contributed by atoms with Crippen molar-refractivity contribution in [2.75, 3.05) is 39.3 Å². The predicted octanol–water partition coefficient (Wildman–Crippen LogP) is -0.617. The first-order chi connectivity index (χ1) is 9.61. The van der Waals surface area contributed by atoms with Crippen molar-refractivity contribution in [3.63, 3.8) is 0 Å². The van der Waals surface area contributed by atoms with Gasteiger partial charge in [-0.15, -0.1) is 0 Å². The summed E-state index contributed by atoms with van der Waals surface area (Å²) >= 11 is 0. The van der Waals surface area contributed by atoms with Gasteiger partial charge in [0.05, 0.1) is 4.92 Å². The topological polar surface area (TPSA) is 139 Å². The van der Waals surface area contributed by atoms with E-state index in [2.05, 4.69) is 10.6 Å². The van der Waals surface area contributed by atoms with Crippen LogP contribution in [0, 0.1) is 10.1 Å². The Morgan fingerprint density at radius 3 is 1.80 bits per heavy atom. The Bertz CT molecular complexity index is 351. The number of nitrogens with zero attached hydrogens (tertiary/aromatic N) is 1. The summed E-state index contributed by atoms with van der Waals surface area (Å²) in [6, 6.07) is 5.04. The van der Waals surface area contributed by atoms with Gasteiger partial charge in [0, 0.05) is 51.4 Å². The van der Waals surface area contributed by atoms with E-state index in [1.165, 1.54) is 24.3 Å². The zero-order valence-corrected chi connectivity index (χ0v) is 11.4. The van der Waals surface area contributed by atoms with Gasteiger partial charge in [-0.2, -0.15) is 0 Å². The third-order valence-corrected chi connectivity index (χ3v) is 2.18. The minimum atomic E-state index is -0.514. The zero-order valence-electron chi connectivity index (χ0n) is 11.4. The molecule has 0 unspecified atom stereocenters. The second kappa shape index (κ2) is 12.3. The SMILES string of the molecule is NCCNCCNCCN.O=[N+]([O-])c1ccc(O)cc1. The summed E-state index contributed by atoms with van der Waals surface area (Å²) in [7, 11) is 0. The van der Waals surface area contributed by atoms with E-state index in [9.17, 15) is 10.1 Å². The second-order valence-electron chi connectivity index (χ2n) is 3.85. The van der Waals surface area contributed by atoms with Crippen LogP contribution in [0.15, 0.2) is 24.3 Å². The van der Waals surface area contributed by atoms with Crippen LogP contribution in [0.3, 0.4) is 0 Å². The molecule has 1 aromatic carbocycles. The summed E-state index contributed by atoms with van der Waals surface area (Å²) in [5, 5.41) is 25.1. The molecule has 0 radical (unpaired) electrons. The number of nitrogens with two attached hydrogens (primary N) is 2. The smallest absolute Gasteiger partial charge is 0.269 e. The largest absolute Gasteiger partial charge is 0.508 e. The number of hydrogen-bond acceptors (Lipinski definition) is 7. The van der Waals surface area contributed by atoms with E-state index in [0.29, 0.717) is 13.1 Å². The summed E-state index contributed by atoms with van der Waals surface area (Å²) in [6.07, 6.45) is 0. The maximum Gasteiger partial charge on any atom is 0.269 e. The molecule has 0 amide bonds. The van der Waals surface area contributed by atoms with Gasteiger partial charge < -0.3 is 27.2 Å². The number of aromatic hydroxyl groups is 1. The highest BCUT2D eigenvalue weighted by Gasteiger charge is 2.01. The monoisotopic (exact) mass is 285 g/mol. The number of nitro benzene ring substituents is 1. The Labute approximate surface area is 118 Å². The molecule has 1 rings (SSSR count). The highest BCUT2D eigenvalue weighted by molar-refractivity contribution is 5.34. The number of non-ortho nitro benzene ring substituents is 1. The Hall–Kier alpha value is -1.74. The van der Waals surface area contributed by atoms with E-state index in [-0.39, 0.29) is 11.4 Å². The lowest BCUT2D eigenvalue weighted by atomic mass is 10.3.